The third kappa shape index (κ3) is 3.33. The van der Waals surface area contributed by atoms with Crippen molar-refractivity contribution in [2.45, 2.75) is 39.5 Å². The number of benzene rings is 1. The number of hydrogen-bond donors (Lipinski definition) is 0. The summed E-state index contributed by atoms with van der Waals surface area (Å²) >= 11 is 0. The van der Waals surface area contributed by atoms with Gasteiger partial charge in [0.2, 0.25) is 0 Å². The van der Waals surface area contributed by atoms with E-state index in [1.165, 1.54) is 0 Å². The Balaban J connectivity index is 2.34. The third-order valence-corrected chi connectivity index (χ3v) is 3.78. The van der Waals surface area contributed by atoms with Crippen LogP contribution in [0.25, 0.3) is 0 Å². The van der Waals surface area contributed by atoms with Gasteiger partial charge in [0.25, 0.3) is 0 Å². The normalized spacial score (nSPS) is 21.3. The summed E-state index contributed by atoms with van der Waals surface area (Å²) in [4.78, 5) is 24.6. The molecule has 0 bridgehead atoms. The second-order valence-electron chi connectivity index (χ2n) is 5.37. The summed E-state index contributed by atoms with van der Waals surface area (Å²) in [6, 6.07) is 7.72. The van der Waals surface area contributed by atoms with Crippen LogP contribution >= 0.6 is 0 Å². The standard InChI is InChI=1S/C18H20O3/c1-3-21-17(20)18(12-5-4-6-16(18)19)13-11-15-9-7-14(2)8-10-15/h7-10H,3-6,12H2,1-2H3. The van der Waals surface area contributed by atoms with E-state index < -0.39 is 11.4 Å². The Morgan fingerprint density at radius 3 is 2.62 bits per heavy atom. The first-order valence-corrected chi connectivity index (χ1v) is 7.39. The fourth-order valence-corrected chi connectivity index (χ4v) is 2.50. The molecule has 1 aliphatic rings. The molecule has 3 nitrogen and oxygen atoms in total. The van der Waals surface area contributed by atoms with Gasteiger partial charge in [0.1, 0.15) is 0 Å². The van der Waals surface area contributed by atoms with Gasteiger partial charge in [0.05, 0.1) is 6.61 Å². The Bertz CT molecular complexity index is 589. The van der Waals surface area contributed by atoms with Crippen LogP contribution in [0.5, 0.6) is 0 Å². The minimum absolute atomic E-state index is 0.105. The van der Waals surface area contributed by atoms with Gasteiger partial charge in [-0.1, -0.05) is 36.0 Å². The molecule has 2 rings (SSSR count). The maximum Gasteiger partial charge on any atom is 0.331 e. The Hall–Kier alpha value is -2.08. The summed E-state index contributed by atoms with van der Waals surface area (Å²) in [5.41, 5.74) is 0.691. The number of hydrogen-bond acceptors (Lipinski definition) is 3. The maximum absolute atomic E-state index is 12.3. The van der Waals surface area contributed by atoms with Crippen LogP contribution in [-0.4, -0.2) is 18.4 Å². The number of rotatable bonds is 2. The molecule has 0 radical (unpaired) electrons. The number of carbonyl (C=O) groups excluding carboxylic acids is 2. The molecule has 110 valence electrons. The van der Waals surface area contributed by atoms with Gasteiger partial charge in [-0.15, -0.1) is 0 Å². The van der Waals surface area contributed by atoms with Gasteiger partial charge in [-0.05, 0) is 38.8 Å². The van der Waals surface area contributed by atoms with Crippen LogP contribution in [0.15, 0.2) is 24.3 Å². The molecule has 0 aromatic heterocycles. The molecule has 0 spiro atoms. The van der Waals surface area contributed by atoms with E-state index in [9.17, 15) is 9.59 Å². The Kier molecular flexibility index (Phi) is 4.80. The zero-order valence-electron chi connectivity index (χ0n) is 12.6. The van der Waals surface area contributed by atoms with Crippen LogP contribution < -0.4 is 0 Å². The quantitative estimate of drug-likeness (QED) is 0.476. The highest BCUT2D eigenvalue weighted by molar-refractivity contribution is 6.07. The average Bonchev–Trinajstić information content (AvgIpc) is 2.48. The molecule has 1 aliphatic carbocycles. The van der Waals surface area contributed by atoms with Gasteiger partial charge in [-0.2, -0.15) is 0 Å². The molecule has 1 unspecified atom stereocenters. The van der Waals surface area contributed by atoms with Crippen molar-refractivity contribution < 1.29 is 14.3 Å². The highest BCUT2D eigenvalue weighted by atomic mass is 16.5. The van der Waals surface area contributed by atoms with Crippen molar-refractivity contribution in [3.8, 4) is 11.8 Å². The predicted octanol–water partition coefficient (Wildman–Crippen LogP) is 3.04. The third-order valence-electron chi connectivity index (χ3n) is 3.78. The van der Waals surface area contributed by atoms with Crippen molar-refractivity contribution in [2.24, 2.45) is 5.41 Å². The van der Waals surface area contributed by atoms with E-state index in [-0.39, 0.29) is 12.4 Å². The topological polar surface area (TPSA) is 43.4 Å². The minimum atomic E-state index is -1.26. The van der Waals surface area contributed by atoms with Gasteiger partial charge in [0.15, 0.2) is 11.2 Å². The fraction of sp³-hybridized carbons (Fsp3) is 0.444. The smallest absolute Gasteiger partial charge is 0.331 e. The van der Waals surface area contributed by atoms with E-state index in [2.05, 4.69) is 11.8 Å². The summed E-state index contributed by atoms with van der Waals surface area (Å²) in [5.74, 6) is 5.32. The first-order valence-electron chi connectivity index (χ1n) is 7.39. The van der Waals surface area contributed by atoms with Crippen LogP contribution in [-0.2, 0) is 14.3 Å². The lowest BCUT2D eigenvalue weighted by Gasteiger charge is -2.28. The van der Waals surface area contributed by atoms with Crippen molar-refractivity contribution in [1.29, 1.82) is 0 Å². The van der Waals surface area contributed by atoms with Crippen molar-refractivity contribution in [1.82, 2.24) is 0 Å². The monoisotopic (exact) mass is 284 g/mol. The molecule has 0 N–H and O–H groups in total. The molecular formula is C18H20O3. The van der Waals surface area contributed by atoms with Crippen molar-refractivity contribution >= 4 is 11.8 Å². The zero-order valence-corrected chi connectivity index (χ0v) is 12.6. The average molecular weight is 284 g/mol. The highest BCUT2D eigenvalue weighted by Gasteiger charge is 2.46. The van der Waals surface area contributed by atoms with Crippen LogP contribution in [0.3, 0.4) is 0 Å². The minimum Gasteiger partial charge on any atom is -0.465 e. The largest absolute Gasteiger partial charge is 0.465 e. The lowest BCUT2D eigenvalue weighted by molar-refractivity contribution is -0.157. The van der Waals surface area contributed by atoms with E-state index in [1.54, 1.807) is 6.92 Å². The number of esters is 1. The molecule has 0 amide bonds. The van der Waals surface area contributed by atoms with Crippen LogP contribution in [0.1, 0.15) is 43.7 Å². The molecule has 1 aromatic rings. The van der Waals surface area contributed by atoms with Crippen molar-refractivity contribution in [3.05, 3.63) is 35.4 Å². The van der Waals surface area contributed by atoms with Gasteiger partial charge in [-0.3, -0.25) is 4.79 Å². The molecule has 21 heavy (non-hydrogen) atoms. The summed E-state index contributed by atoms with van der Waals surface area (Å²) in [7, 11) is 0. The maximum atomic E-state index is 12.3. The van der Waals surface area contributed by atoms with Crippen molar-refractivity contribution in [3.63, 3.8) is 0 Å². The van der Waals surface area contributed by atoms with Crippen LogP contribution in [0.4, 0.5) is 0 Å². The van der Waals surface area contributed by atoms with Crippen LogP contribution in [0.2, 0.25) is 0 Å². The molecule has 0 saturated heterocycles. The summed E-state index contributed by atoms with van der Waals surface area (Å²) in [5, 5.41) is 0. The van der Waals surface area contributed by atoms with E-state index in [1.807, 2.05) is 31.2 Å². The molecule has 1 fully saturated rings. The molecule has 0 heterocycles. The lowest BCUT2D eigenvalue weighted by Crippen LogP contribution is -2.41. The number of ketones is 1. The fourth-order valence-electron chi connectivity index (χ4n) is 2.50. The van der Waals surface area contributed by atoms with Crippen molar-refractivity contribution in [2.75, 3.05) is 6.61 Å². The molecule has 1 aromatic carbocycles. The zero-order chi connectivity index (χ0) is 15.3. The summed E-state index contributed by atoms with van der Waals surface area (Å²) in [6.45, 7) is 4.01. The molecule has 1 atom stereocenters. The SMILES string of the molecule is CCOC(=O)C1(C#Cc2ccc(C)cc2)CCCCC1=O. The van der Waals surface area contributed by atoms with Gasteiger partial charge >= 0.3 is 5.97 Å². The lowest BCUT2D eigenvalue weighted by atomic mass is 9.73. The molecular weight excluding hydrogens is 264 g/mol. The van der Waals surface area contributed by atoms with Gasteiger partial charge in [-0.25, -0.2) is 4.79 Å². The highest BCUT2D eigenvalue weighted by Crippen LogP contribution is 2.34. The van der Waals surface area contributed by atoms with E-state index >= 15 is 0 Å². The second-order valence-corrected chi connectivity index (χ2v) is 5.37. The van der Waals surface area contributed by atoms with E-state index in [0.29, 0.717) is 12.8 Å². The first kappa shape index (κ1) is 15.3. The second kappa shape index (κ2) is 6.58. The van der Waals surface area contributed by atoms with E-state index in [0.717, 1.165) is 24.0 Å². The molecule has 0 aliphatic heterocycles. The summed E-state index contributed by atoms with van der Waals surface area (Å²) < 4.78 is 5.10. The predicted molar refractivity (Wildman–Crippen MR) is 80.6 cm³/mol. The van der Waals surface area contributed by atoms with Gasteiger partial charge < -0.3 is 4.74 Å². The van der Waals surface area contributed by atoms with Gasteiger partial charge in [0, 0.05) is 12.0 Å². The van der Waals surface area contributed by atoms with E-state index in [4.69, 9.17) is 4.74 Å². The number of ether oxygens (including phenoxy) is 1. The number of Topliss-reactive ketones (excluding diaryl/α,β-unsaturated/α-hetero) is 1. The Morgan fingerprint density at radius 2 is 2.00 bits per heavy atom. The summed E-state index contributed by atoms with van der Waals surface area (Å²) in [6.07, 6.45) is 2.52. The first-order chi connectivity index (χ1) is 10.1. The number of aryl methyl sites for hydroxylation is 1. The number of carbonyl (C=O) groups is 2. The Morgan fingerprint density at radius 1 is 1.29 bits per heavy atom. The van der Waals surface area contributed by atoms with Crippen LogP contribution in [0, 0.1) is 24.2 Å². The molecule has 1 saturated carbocycles. The molecule has 3 heteroatoms. The Labute approximate surface area is 125 Å².